The van der Waals surface area contributed by atoms with Gasteiger partial charge in [-0.3, -0.25) is 19.0 Å². The normalized spacial score (nSPS) is 10.6. The molecule has 3 aromatic rings. The summed E-state index contributed by atoms with van der Waals surface area (Å²) in [6.07, 6.45) is 1.36. The van der Waals surface area contributed by atoms with Crippen molar-refractivity contribution < 1.29 is 9.59 Å². The number of carbonyl (C=O) groups is 2. The maximum atomic E-state index is 12.6. The zero-order chi connectivity index (χ0) is 19.6. The number of benzene rings is 2. The summed E-state index contributed by atoms with van der Waals surface area (Å²) in [6, 6.07) is 10.1. The third kappa shape index (κ3) is 4.15. The first-order valence-corrected chi connectivity index (χ1v) is 8.54. The van der Waals surface area contributed by atoms with E-state index in [0.29, 0.717) is 27.3 Å². The van der Waals surface area contributed by atoms with Crippen molar-refractivity contribution in [3.05, 3.63) is 63.7 Å². The van der Waals surface area contributed by atoms with Crippen LogP contribution in [0.4, 0.5) is 11.4 Å². The number of anilines is 2. The van der Waals surface area contributed by atoms with E-state index in [1.807, 2.05) is 13.0 Å². The van der Waals surface area contributed by atoms with Gasteiger partial charge in [0.05, 0.1) is 27.9 Å². The van der Waals surface area contributed by atoms with Crippen LogP contribution < -0.4 is 16.2 Å². The number of amides is 2. The largest absolute Gasteiger partial charge is 0.325 e. The second-order valence-corrected chi connectivity index (χ2v) is 6.48. The average Bonchev–Trinajstić information content (AvgIpc) is 2.60. The number of para-hydroxylation sites is 1. The molecule has 138 valence electrons. The average molecular weight is 385 g/mol. The van der Waals surface area contributed by atoms with Crippen molar-refractivity contribution >= 4 is 45.7 Å². The van der Waals surface area contributed by atoms with Gasteiger partial charge in [0.15, 0.2) is 0 Å². The molecule has 2 aromatic carbocycles. The molecule has 0 radical (unpaired) electrons. The van der Waals surface area contributed by atoms with Gasteiger partial charge in [0.2, 0.25) is 11.8 Å². The summed E-state index contributed by atoms with van der Waals surface area (Å²) in [5.74, 6) is -0.675. The van der Waals surface area contributed by atoms with Crippen molar-refractivity contribution in [2.24, 2.45) is 0 Å². The first-order chi connectivity index (χ1) is 12.8. The van der Waals surface area contributed by atoms with Crippen LogP contribution in [-0.4, -0.2) is 21.4 Å². The monoisotopic (exact) mass is 384 g/mol. The second-order valence-electron chi connectivity index (χ2n) is 6.07. The molecule has 0 spiro atoms. The molecule has 2 amide bonds. The molecule has 0 saturated carbocycles. The molecule has 1 heterocycles. The van der Waals surface area contributed by atoms with Crippen LogP contribution in [0.2, 0.25) is 5.02 Å². The van der Waals surface area contributed by atoms with Crippen molar-refractivity contribution in [3.63, 3.8) is 0 Å². The zero-order valence-electron chi connectivity index (χ0n) is 14.7. The molecule has 1 aromatic heterocycles. The Balaban J connectivity index is 1.80. The van der Waals surface area contributed by atoms with Gasteiger partial charge < -0.3 is 10.6 Å². The highest BCUT2D eigenvalue weighted by Gasteiger charge is 2.11. The van der Waals surface area contributed by atoms with E-state index >= 15 is 0 Å². The number of aromatic nitrogens is 2. The topological polar surface area (TPSA) is 93.1 Å². The minimum atomic E-state index is -0.401. The van der Waals surface area contributed by atoms with E-state index in [-0.39, 0.29) is 18.0 Å². The minimum absolute atomic E-state index is 0.187. The highest BCUT2D eigenvalue weighted by atomic mass is 35.5. The Hall–Kier alpha value is -3.19. The third-order valence-corrected chi connectivity index (χ3v) is 4.26. The molecule has 0 aliphatic heterocycles. The summed E-state index contributed by atoms with van der Waals surface area (Å²) in [6.45, 7) is 3.05. The number of carbonyl (C=O) groups excluding carboxylic acids is 2. The summed E-state index contributed by atoms with van der Waals surface area (Å²) >= 11 is 6.01. The smallest absolute Gasteiger partial charge is 0.261 e. The highest BCUT2D eigenvalue weighted by molar-refractivity contribution is 6.33. The van der Waals surface area contributed by atoms with E-state index in [2.05, 4.69) is 15.6 Å². The van der Waals surface area contributed by atoms with Crippen molar-refractivity contribution in [2.45, 2.75) is 20.4 Å². The van der Waals surface area contributed by atoms with Crippen LogP contribution in [0, 0.1) is 6.92 Å². The predicted molar refractivity (Wildman–Crippen MR) is 105 cm³/mol. The van der Waals surface area contributed by atoms with Crippen LogP contribution in [0.3, 0.4) is 0 Å². The van der Waals surface area contributed by atoms with E-state index < -0.39 is 5.91 Å². The van der Waals surface area contributed by atoms with Gasteiger partial charge in [-0.1, -0.05) is 23.7 Å². The Labute approximate surface area is 160 Å². The number of fused-ring (bicyclic) bond motifs is 1. The van der Waals surface area contributed by atoms with E-state index in [4.69, 9.17) is 11.6 Å². The Morgan fingerprint density at radius 1 is 1.19 bits per heavy atom. The van der Waals surface area contributed by atoms with Crippen molar-refractivity contribution in [3.8, 4) is 0 Å². The first-order valence-electron chi connectivity index (χ1n) is 8.17. The molecule has 0 saturated heterocycles. The molecule has 8 heteroatoms. The first kappa shape index (κ1) is 18.6. The van der Waals surface area contributed by atoms with Gasteiger partial charge in [-0.05, 0) is 36.8 Å². The molecular formula is C19H17ClN4O3. The van der Waals surface area contributed by atoms with Gasteiger partial charge in [0.1, 0.15) is 6.54 Å². The number of nitrogens with zero attached hydrogens (tertiary/aromatic N) is 2. The van der Waals surface area contributed by atoms with E-state index in [1.165, 1.54) is 17.8 Å². The van der Waals surface area contributed by atoms with Crippen LogP contribution in [0.25, 0.3) is 10.9 Å². The lowest BCUT2D eigenvalue weighted by Gasteiger charge is -2.11. The quantitative estimate of drug-likeness (QED) is 0.723. The fourth-order valence-electron chi connectivity index (χ4n) is 2.69. The fourth-order valence-corrected chi connectivity index (χ4v) is 2.86. The lowest BCUT2D eigenvalue weighted by atomic mass is 10.1. The third-order valence-electron chi connectivity index (χ3n) is 3.93. The summed E-state index contributed by atoms with van der Waals surface area (Å²) in [7, 11) is 0. The van der Waals surface area contributed by atoms with Gasteiger partial charge in [0.25, 0.3) is 5.56 Å². The van der Waals surface area contributed by atoms with Crippen LogP contribution in [0.1, 0.15) is 12.5 Å². The molecule has 0 aliphatic rings. The van der Waals surface area contributed by atoms with Crippen molar-refractivity contribution in [1.29, 1.82) is 0 Å². The highest BCUT2D eigenvalue weighted by Crippen LogP contribution is 2.25. The molecule has 3 rings (SSSR count). The van der Waals surface area contributed by atoms with Crippen LogP contribution in [0.15, 0.2) is 47.5 Å². The summed E-state index contributed by atoms with van der Waals surface area (Å²) in [5, 5.41) is 6.08. The molecule has 0 unspecified atom stereocenters. The van der Waals surface area contributed by atoms with E-state index in [9.17, 15) is 14.4 Å². The summed E-state index contributed by atoms with van der Waals surface area (Å²) in [4.78, 5) is 40.4. The van der Waals surface area contributed by atoms with Gasteiger partial charge in [-0.25, -0.2) is 4.98 Å². The Morgan fingerprint density at radius 2 is 1.96 bits per heavy atom. The summed E-state index contributed by atoms with van der Waals surface area (Å²) < 4.78 is 1.25. The maximum Gasteiger partial charge on any atom is 0.261 e. The number of rotatable bonds is 4. The lowest BCUT2D eigenvalue weighted by Crippen LogP contribution is -2.28. The van der Waals surface area contributed by atoms with Crippen LogP contribution in [-0.2, 0) is 16.1 Å². The number of nitrogens with one attached hydrogen (secondary N) is 2. The van der Waals surface area contributed by atoms with E-state index in [0.717, 1.165) is 5.56 Å². The van der Waals surface area contributed by atoms with Crippen LogP contribution >= 0.6 is 11.6 Å². The molecule has 7 nitrogen and oxygen atoms in total. The van der Waals surface area contributed by atoms with Crippen molar-refractivity contribution in [1.82, 2.24) is 9.55 Å². The number of hydrogen-bond donors (Lipinski definition) is 2. The standard InChI is InChI=1S/C19H17ClN4O3/c1-11-4-3-5-14-18(11)21-10-24(19(14)27)9-17(26)23-13-6-7-15(20)16(8-13)22-12(2)25/h3-8,10H,9H2,1-2H3,(H,22,25)(H,23,26). The predicted octanol–water partition coefficient (Wildman–Crippen LogP) is 2.96. The molecule has 0 fully saturated rings. The molecule has 2 N–H and O–H groups in total. The van der Waals surface area contributed by atoms with Gasteiger partial charge in [-0.2, -0.15) is 0 Å². The molecule has 0 aliphatic carbocycles. The zero-order valence-corrected chi connectivity index (χ0v) is 15.5. The Bertz CT molecular complexity index is 1110. The lowest BCUT2D eigenvalue weighted by molar-refractivity contribution is -0.117. The molecule has 27 heavy (non-hydrogen) atoms. The SMILES string of the molecule is CC(=O)Nc1cc(NC(=O)Cn2cnc3c(C)cccc3c2=O)ccc1Cl. The summed E-state index contributed by atoms with van der Waals surface area (Å²) in [5.41, 5.74) is 2.08. The Kier molecular flexibility index (Phi) is 5.23. The van der Waals surface area contributed by atoms with Crippen molar-refractivity contribution in [2.75, 3.05) is 10.6 Å². The fraction of sp³-hybridized carbons (Fsp3) is 0.158. The molecular weight excluding hydrogens is 368 g/mol. The number of halogens is 1. The van der Waals surface area contributed by atoms with E-state index in [1.54, 1.807) is 30.3 Å². The van der Waals surface area contributed by atoms with Gasteiger partial charge >= 0.3 is 0 Å². The minimum Gasteiger partial charge on any atom is -0.325 e. The Morgan fingerprint density at radius 3 is 2.70 bits per heavy atom. The number of aryl methyl sites for hydroxylation is 1. The van der Waals surface area contributed by atoms with Gasteiger partial charge in [-0.15, -0.1) is 0 Å². The molecule has 0 atom stereocenters. The second kappa shape index (κ2) is 7.59. The van der Waals surface area contributed by atoms with Gasteiger partial charge in [0, 0.05) is 12.6 Å². The van der Waals surface area contributed by atoms with Crippen LogP contribution in [0.5, 0.6) is 0 Å². The number of hydrogen-bond acceptors (Lipinski definition) is 4. The molecule has 0 bridgehead atoms. The maximum absolute atomic E-state index is 12.6.